The maximum Gasteiger partial charge on any atom is 0.311 e. The summed E-state index contributed by atoms with van der Waals surface area (Å²) in [5.41, 5.74) is -1.21. The van der Waals surface area contributed by atoms with Gasteiger partial charge in [0.05, 0.1) is 55.8 Å². The molecule has 0 amide bonds. The van der Waals surface area contributed by atoms with Gasteiger partial charge in [-0.25, -0.2) is 0 Å². The van der Waals surface area contributed by atoms with Crippen molar-refractivity contribution in [2.75, 3.05) is 34.4 Å². The minimum Gasteiger partial charge on any atom is -0.462 e. The molecule has 18 heteroatoms. The summed E-state index contributed by atoms with van der Waals surface area (Å²) in [6, 6.07) is -0.402. The number of rotatable bonds is 9. The maximum atomic E-state index is 14.2. The molecule has 23 atom stereocenters. The Morgan fingerprint density at radius 2 is 1.36 bits per heavy atom. The van der Waals surface area contributed by atoms with Crippen molar-refractivity contribution in [2.24, 2.45) is 29.6 Å². The van der Waals surface area contributed by atoms with E-state index in [1.54, 1.807) is 34.6 Å². The van der Waals surface area contributed by atoms with E-state index in [0.717, 1.165) is 0 Å². The monoisotopic (exact) mass is 849 g/mol. The van der Waals surface area contributed by atoms with Gasteiger partial charge in [0, 0.05) is 37.3 Å². The number of hydrogen-bond acceptors (Lipinski definition) is 18. The van der Waals surface area contributed by atoms with Gasteiger partial charge < -0.3 is 78.2 Å². The zero-order valence-electron chi connectivity index (χ0n) is 36.4. The van der Waals surface area contributed by atoms with Gasteiger partial charge in [-0.1, -0.05) is 27.7 Å². The molecule has 5 fully saturated rings. The van der Waals surface area contributed by atoms with E-state index in [1.165, 1.54) is 7.11 Å². The molecular weight excluding hydrogens is 778 g/mol. The minimum atomic E-state index is -1.69. The Kier molecular flexibility index (Phi) is 16.4. The number of carbonyl (C=O) groups excluding carboxylic acids is 2. The summed E-state index contributed by atoms with van der Waals surface area (Å²) in [5.74, 6) is -4.43. The molecule has 18 nitrogen and oxygen atoms in total. The highest BCUT2D eigenvalue weighted by Gasteiger charge is 2.58. The lowest BCUT2D eigenvalue weighted by atomic mass is 9.76. The molecule has 0 aliphatic carbocycles. The van der Waals surface area contributed by atoms with Crippen molar-refractivity contribution in [1.82, 2.24) is 4.90 Å². The van der Waals surface area contributed by atoms with Crippen molar-refractivity contribution in [2.45, 2.75) is 185 Å². The van der Waals surface area contributed by atoms with Crippen molar-refractivity contribution in [3.05, 3.63) is 0 Å². The van der Waals surface area contributed by atoms with Crippen molar-refractivity contribution in [3.8, 4) is 0 Å². The first-order valence-corrected chi connectivity index (χ1v) is 21.2. The quantitative estimate of drug-likeness (QED) is 0.129. The molecule has 5 saturated heterocycles. The number of methoxy groups -OCH3 is 1. The topological polar surface area (TPSA) is 245 Å². The zero-order valence-corrected chi connectivity index (χ0v) is 36.4. The van der Waals surface area contributed by atoms with Crippen LogP contribution in [0.3, 0.4) is 0 Å². The van der Waals surface area contributed by atoms with Gasteiger partial charge in [0.15, 0.2) is 30.3 Å². The fourth-order valence-corrected chi connectivity index (χ4v) is 9.36. The van der Waals surface area contributed by atoms with Crippen molar-refractivity contribution < 1.29 is 82.9 Å². The normalized spacial score (nSPS) is 50.7. The van der Waals surface area contributed by atoms with Crippen LogP contribution >= 0.6 is 0 Å². The molecule has 5 heterocycles. The van der Waals surface area contributed by atoms with E-state index in [0.29, 0.717) is 6.42 Å². The Hall–Kier alpha value is -1.46. The highest BCUT2D eigenvalue weighted by atomic mass is 16.8. The van der Waals surface area contributed by atoms with Gasteiger partial charge in [0.25, 0.3) is 0 Å². The van der Waals surface area contributed by atoms with Crippen LogP contribution in [-0.4, -0.2) is 192 Å². The van der Waals surface area contributed by atoms with Crippen molar-refractivity contribution in [3.63, 3.8) is 0 Å². The molecule has 0 saturated carbocycles. The van der Waals surface area contributed by atoms with E-state index in [2.05, 4.69) is 0 Å². The second kappa shape index (κ2) is 19.9. The van der Waals surface area contributed by atoms with Crippen molar-refractivity contribution >= 4 is 11.8 Å². The summed E-state index contributed by atoms with van der Waals surface area (Å²) >= 11 is 0. The molecule has 5 aliphatic heterocycles. The SMILES string of the molecule is CO[C@H]1C[C@H](OC2[C@@H](C)C(=O)O[C@H](C)[C@H](C)[C@H](O)[C@@H](C)C(=O)[C@]3(CO3)C[C@H](C)[C@H](O[C@@H]3O[C@H](C)C[C@H](N(C)C)[C@H]3O[C@@H]3O[C@H](CO)[C@H](O)[C@H](O)[C@H]3O)[C@H]2C)O[C@@H](C)[C@@H]1O. The Morgan fingerprint density at radius 3 is 1.95 bits per heavy atom. The number of ether oxygens (including phenoxy) is 9. The fourth-order valence-electron chi connectivity index (χ4n) is 9.36. The number of carbonyl (C=O) groups is 2. The highest BCUT2D eigenvalue weighted by Crippen LogP contribution is 2.44. The van der Waals surface area contributed by atoms with E-state index in [4.69, 9.17) is 42.6 Å². The van der Waals surface area contributed by atoms with Gasteiger partial charge in [-0.3, -0.25) is 9.59 Å². The number of aliphatic hydroxyl groups is 6. The van der Waals surface area contributed by atoms with Crippen molar-refractivity contribution in [1.29, 1.82) is 0 Å². The highest BCUT2D eigenvalue weighted by molar-refractivity contribution is 5.92. The molecule has 342 valence electrons. The van der Waals surface area contributed by atoms with Crippen LogP contribution in [0.15, 0.2) is 0 Å². The average Bonchev–Trinajstić information content (AvgIpc) is 3.98. The summed E-state index contributed by atoms with van der Waals surface area (Å²) in [5, 5.41) is 64.2. The molecule has 6 N–H and O–H groups in total. The lowest BCUT2D eigenvalue weighted by molar-refractivity contribution is -0.357. The molecule has 5 aliphatic rings. The number of likely N-dealkylation sites (N-methyl/N-ethyl adjacent to an activating group) is 1. The summed E-state index contributed by atoms with van der Waals surface area (Å²) < 4.78 is 56.1. The van der Waals surface area contributed by atoms with Gasteiger partial charge in [0.2, 0.25) is 0 Å². The van der Waals surface area contributed by atoms with Crippen LogP contribution < -0.4 is 0 Å². The molecule has 0 radical (unpaired) electrons. The number of ketones is 1. The van der Waals surface area contributed by atoms with Crippen LogP contribution in [0.5, 0.6) is 0 Å². The lowest BCUT2D eigenvalue weighted by Crippen LogP contribution is -2.63. The summed E-state index contributed by atoms with van der Waals surface area (Å²) in [7, 11) is 5.18. The van der Waals surface area contributed by atoms with E-state index in [-0.39, 0.29) is 31.3 Å². The van der Waals surface area contributed by atoms with Crippen LogP contribution in [0.25, 0.3) is 0 Å². The number of nitrogens with zero attached hydrogens (tertiary/aromatic N) is 1. The number of Topliss-reactive ketones (excluding diaryl/α,β-unsaturated/α-hetero) is 1. The third kappa shape index (κ3) is 10.5. The lowest BCUT2D eigenvalue weighted by Gasteiger charge is -2.49. The first-order chi connectivity index (χ1) is 27.7. The van der Waals surface area contributed by atoms with Crippen LogP contribution in [0.1, 0.15) is 74.7 Å². The minimum absolute atomic E-state index is 0.140. The summed E-state index contributed by atoms with van der Waals surface area (Å²) in [4.78, 5) is 30.2. The Morgan fingerprint density at radius 1 is 0.712 bits per heavy atom. The number of aliphatic hydroxyl groups excluding tert-OH is 6. The van der Waals surface area contributed by atoms with E-state index in [1.807, 2.05) is 39.8 Å². The molecule has 0 aromatic heterocycles. The molecule has 1 unspecified atom stereocenters. The maximum absolute atomic E-state index is 14.2. The number of epoxide rings is 1. The third-order valence-corrected chi connectivity index (χ3v) is 13.5. The predicted octanol–water partition coefficient (Wildman–Crippen LogP) is -0.267. The van der Waals surface area contributed by atoms with E-state index < -0.39 is 146 Å². The van der Waals surface area contributed by atoms with E-state index >= 15 is 0 Å². The van der Waals surface area contributed by atoms with Crippen LogP contribution in [0, 0.1) is 29.6 Å². The van der Waals surface area contributed by atoms with E-state index in [9.17, 15) is 40.2 Å². The Bertz CT molecular complexity index is 1380. The average molecular weight is 850 g/mol. The summed E-state index contributed by atoms with van der Waals surface area (Å²) in [6.45, 7) is 13.6. The third-order valence-electron chi connectivity index (χ3n) is 13.5. The number of cyclic esters (lactones) is 1. The van der Waals surface area contributed by atoms with Crippen LogP contribution in [0.2, 0.25) is 0 Å². The second-order valence-corrected chi connectivity index (χ2v) is 18.1. The van der Waals surface area contributed by atoms with Gasteiger partial charge in [-0.05, 0) is 60.5 Å². The molecule has 59 heavy (non-hydrogen) atoms. The van der Waals surface area contributed by atoms with Gasteiger partial charge in [-0.2, -0.15) is 0 Å². The Labute approximate surface area is 347 Å². The zero-order chi connectivity index (χ0) is 43.8. The molecular formula is C41H71NO17. The smallest absolute Gasteiger partial charge is 0.311 e. The molecule has 0 aromatic rings. The van der Waals surface area contributed by atoms with Gasteiger partial charge in [-0.15, -0.1) is 0 Å². The standard InChI is InChI=1S/C41H71NO17/c1-17-14-41(16-52-41)37(49)20(4)29(44)19(3)23(7)55-38(50)22(6)35(57-28-13-26(51-11)30(45)24(8)54-28)21(5)34(17)58-40-36(25(42(9)10)12-18(2)53-40)59-39-33(48)32(47)31(46)27(15-43)56-39/h17-36,39-40,43-48H,12-16H2,1-11H3/t17-,18+,19-,20+,21+,22+,23+,24-,25-,26-,27+,28-,29-,30-,31-,32-,33+,34-,35?,36+,39-,40-,41+/m0/s1. The number of esters is 1. The predicted molar refractivity (Wildman–Crippen MR) is 206 cm³/mol. The second-order valence-electron chi connectivity index (χ2n) is 18.1. The van der Waals surface area contributed by atoms with Gasteiger partial charge >= 0.3 is 5.97 Å². The summed E-state index contributed by atoms with van der Waals surface area (Å²) in [6.07, 6.45) is -16.3. The first kappa shape index (κ1) is 48.6. The fraction of sp³-hybridized carbons (Fsp3) is 0.951. The van der Waals surface area contributed by atoms with Gasteiger partial charge in [0.1, 0.15) is 42.7 Å². The Balaban J connectivity index is 1.56. The van der Waals surface area contributed by atoms with Crippen LogP contribution in [-0.2, 0) is 52.2 Å². The first-order valence-electron chi connectivity index (χ1n) is 21.2. The largest absolute Gasteiger partial charge is 0.462 e. The molecule has 1 spiro atoms. The van der Waals surface area contributed by atoms with Crippen LogP contribution in [0.4, 0.5) is 0 Å². The number of hydrogen-bond donors (Lipinski definition) is 6. The molecule has 0 bridgehead atoms. The molecule has 0 aromatic carbocycles. The molecule has 5 rings (SSSR count).